The molecule has 3 rings (SSSR count). The van der Waals surface area contributed by atoms with Crippen molar-refractivity contribution in [3.8, 4) is 0 Å². The molecule has 25 heavy (non-hydrogen) atoms. The number of rotatable bonds is 4. The zero-order valence-electron chi connectivity index (χ0n) is 12.8. The molecule has 2 N–H and O–H groups in total. The molecule has 2 aromatic carbocycles. The lowest BCUT2D eigenvalue weighted by atomic mass is 10.2. The first kappa shape index (κ1) is 17.8. The van der Waals surface area contributed by atoms with Crippen molar-refractivity contribution in [2.24, 2.45) is 0 Å². The minimum absolute atomic E-state index is 0.259. The Balaban J connectivity index is 1.65. The molecule has 0 amide bonds. The Hall–Kier alpha value is -1.96. The van der Waals surface area contributed by atoms with E-state index in [1.165, 1.54) is 12.1 Å². The molecule has 128 valence electrons. The fraction of sp³-hybridized carbons (Fsp3) is 0.0588. The third-order valence-electron chi connectivity index (χ3n) is 3.29. The van der Waals surface area contributed by atoms with E-state index in [0.717, 1.165) is 15.7 Å². The Morgan fingerprint density at radius 1 is 1.20 bits per heavy atom. The van der Waals surface area contributed by atoms with Crippen LogP contribution in [0.3, 0.4) is 0 Å². The summed E-state index contributed by atoms with van der Waals surface area (Å²) in [6.07, 6.45) is 1.83. The van der Waals surface area contributed by atoms with Gasteiger partial charge in [0.05, 0.1) is 11.0 Å². The highest BCUT2D eigenvalue weighted by atomic mass is 79.9. The standard InChI is InChI=1S/C17H13BrClFN4S/c18-15-10-24(9-11-4-6-13(20)7-5-11)23-16(15)22-17(25)21-14-3-1-2-12(19)8-14/h1-8,10H,9H2,(H2,21,22,23,25). The maximum Gasteiger partial charge on any atom is 0.176 e. The Bertz CT molecular complexity index is 898. The van der Waals surface area contributed by atoms with E-state index < -0.39 is 0 Å². The maximum atomic E-state index is 13.0. The summed E-state index contributed by atoms with van der Waals surface area (Å²) in [5.74, 6) is 0.326. The molecule has 0 aliphatic rings. The van der Waals surface area contributed by atoms with Crippen LogP contribution in [0.5, 0.6) is 0 Å². The summed E-state index contributed by atoms with van der Waals surface area (Å²) < 4.78 is 15.5. The second-order valence-electron chi connectivity index (χ2n) is 5.24. The predicted octanol–water partition coefficient (Wildman–Crippen LogP) is 5.30. The zero-order chi connectivity index (χ0) is 17.8. The van der Waals surface area contributed by atoms with E-state index in [1.54, 1.807) is 28.9 Å². The molecule has 8 heteroatoms. The molecule has 0 atom stereocenters. The fourth-order valence-corrected chi connectivity index (χ4v) is 3.00. The van der Waals surface area contributed by atoms with Crippen LogP contribution >= 0.6 is 39.7 Å². The first-order valence-electron chi connectivity index (χ1n) is 7.30. The fourth-order valence-electron chi connectivity index (χ4n) is 2.18. The van der Waals surface area contributed by atoms with Crippen LogP contribution in [-0.4, -0.2) is 14.9 Å². The quantitative estimate of drug-likeness (QED) is 0.542. The summed E-state index contributed by atoms with van der Waals surface area (Å²) >= 11 is 14.7. The van der Waals surface area contributed by atoms with Gasteiger partial charge in [0.25, 0.3) is 0 Å². The molecule has 3 aromatic rings. The molecule has 1 heterocycles. The average Bonchev–Trinajstić information content (AvgIpc) is 2.89. The molecule has 0 bridgehead atoms. The van der Waals surface area contributed by atoms with Crippen LogP contribution in [0.25, 0.3) is 0 Å². The first-order valence-corrected chi connectivity index (χ1v) is 8.88. The van der Waals surface area contributed by atoms with Gasteiger partial charge < -0.3 is 10.6 Å². The van der Waals surface area contributed by atoms with Crippen LogP contribution in [-0.2, 0) is 6.54 Å². The van der Waals surface area contributed by atoms with Gasteiger partial charge in [-0.05, 0) is 64.0 Å². The van der Waals surface area contributed by atoms with E-state index in [4.69, 9.17) is 23.8 Å². The lowest BCUT2D eigenvalue weighted by Gasteiger charge is -2.09. The zero-order valence-corrected chi connectivity index (χ0v) is 16.0. The van der Waals surface area contributed by atoms with Crippen molar-refractivity contribution in [2.75, 3.05) is 10.6 Å². The Kier molecular flexibility index (Phi) is 5.67. The van der Waals surface area contributed by atoms with E-state index in [2.05, 4.69) is 31.7 Å². The molecule has 0 saturated heterocycles. The average molecular weight is 440 g/mol. The number of nitrogens with one attached hydrogen (secondary N) is 2. The van der Waals surface area contributed by atoms with E-state index >= 15 is 0 Å². The molecular formula is C17H13BrClFN4S. The maximum absolute atomic E-state index is 13.0. The van der Waals surface area contributed by atoms with Gasteiger partial charge >= 0.3 is 0 Å². The van der Waals surface area contributed by atoms with Crippen LogP contribution in [0.1, 0.15) is 5.56 Å². The number of hydrogen-bond donors (Lipinski definition) is 2. The van der Waals surface area contributed by atoms with Crippen molar-refractivity contribution in [1.82, 2.24) is 9.78 Å². The summed E-state index contributed by atoms with van der Waals surface area (Å²) in [5, 5.41) is 11.5. The summed E-state index contributed by atoms with van der Waals surface area (Å²) in [7, 11) is 0. The smallest absolute Gasteiger partial charge is 0.176 e. The number of hydrogen-bond acceptors (Lipinski definition) is 2. The molecule has 0 aliphatic carbocycles. The highest BCUT2D eigenvalue weighted by molar-refractivity contribution is 9.10. The molecule has 0 unspecified atom stereocenters. The highest BCUT2D eigenvalue weighted by Crippen LogP contribution is 2.22. The van der Waals surface area contributed by atoms with Gasteiger partial charge in [-0.1, -0.05) is 29.8 Å². The Labute approximate surface area is 163 Å². The minimum Gasteiger partial charge on any atom is -0.332 e. The molecule has 0 spiro atoms. The number of benzene rings is 2. The van der Waals surface area contributed by atoms with Crippen molar-refractivity contribution in [2.45, 2.75) is 6.54 Å². The van der Waals surface area contributed by atoms with Crippen molar-refractivity contribution in [3.63, 3.8) is 0 Å². The van der Waals surface area contributed by atoms with E-state index in [9.17, 15) is 4.39 Å². The Morgan fingerprint density at radius 3 is 2.68 bits per heavy atom. The van der Waals surface area contributed by atoms with Gasteiger partial charge in [-0.2, -0.15) is 5.10 Å². The second kappa shape index (κ2) is 7.95. The van der Waals surface area contributed by atoms with Crippen molar-refractivity contribution >= 4 is 56.4 Å². The number of nitrogens with zero attached hydrogens (tertiary/aromatic N) is 2. The Morgan fingerprint density at radius 2 is 1.96 bits per heavy atom. The van der Waals surface area contributed by atoms with E-state index in [-0.39, 0.29) is 5.82 Å². The molecule has 0 radical (unpaired) electrons. The molecule has 1 aromatic heterocycles. The number of aromatic nitrogens is 2. The van der Waals surface area contributed by atoms with Gasteiger partial charge in [0.2, 0.25) is 0 Å². The van der Waals surface area contributed by atoms with Crippen LogP contribution in [0.4, 0.5) is 15.9 Å². The second-order valence-corrected chi connectivity index (χ2v) is 6.94. The first-order chi connectivity index (χ1) is 12.0. The summed E-state index contributed by atoms with van der Waals surface area (Å²) in [6, 6.07) is 13.6. The topological polar surface area (TPSA) is 41.9 Å². The van der Waals surface area contributed by atoms with Crippen LogP contribution in [0.15, 0.2) is 59.2 Å². The largest absolute Gasteiger partial charge is 0.332 e. The third-order valence-corrected chi connectivity index (χ3v) is 4.31. The molecule has 0 saturated carbocycles. The summed E-state index contributed by atoms with van der Waals surface area (Å²) in [4.78, 5) is 0. The summed E-state index contributed by atoms with van der Waals surface area (Å²) in [5.41, 5.74) is 1.73. The number of halogens is 3. The lowest BCUT2D eigenvalue weighted by Crippen LogP contribution is -2.19. The minimum atomic E-state index is -0.259. The van der Waals surface area contributed by atoms with Crippen molar-refractivity contribution in [1.29, 1.82) is 0 Å². The number of thiocarbonyl (C=S) groups is 1. The molecule has 4 nitrogen and oxygen atoms in total. The lowest BCUT2D eigenvalue weighted by molar-refractivity contribution is 0.624. The summed E-state index contributed by atoms with van der Waals surface area (Å²) in [6.45, 7) is 0.523. The van der Waals surface area contributed by atoms with Crippen LogP contribution in [0, 0.1) is 5.82 Å². The van der Waals surface area contributed by atoms with Crippen LogP contribution in [0.2, 0.25) is 5.02 Å². The van der Waals surface area contributed by atoms with Crippen molar-refractivity contribution < 1.29 is 4.39 Å². The predicted molar refractivity (Wildman–Crippen MR) is 107 cm³/mol. The van der Waals surface area contributed by atoms with E-state index in [0.29, 0.717) is 22.5 Å². The molecule has 0 aliphatic heterocycles. The highest BCUT2D eigenvalue weighted by Gasteiger charge is 2.09. The monoisotopic (exact) mass is 438 g/mol. The molecule has 0 fully saturated rings. The van der Waals surface area contributed by atoms with E-state index in [1.807, 2.05) is 18.3 Å². The van der Waals surface area contributed by atoms with Gasteiger partial charge in [-0.3, -0.25) is 4.68 Å². The van der Waals surface area contributed by atoms with Gasteiger partial charge in [0.15, 0.2) is 10.9 Å². The van der Waals surface area contributed by atoms with Gasteiger partial charge in [0.1, 0.15) is 5.82 Å². The SMILES string of the molecule is Fc1ccc(Cn2cc(Br)c(NC(=S)Nc3cccc(Cl)c3)n2)cc1. The van der Waals surface area contributed by atoms with Crippen LogP contribution < -0.4 is 10.6 Å². The normalized spacial score (nSPS) is 10.5. The van der Waals surface area contributed by atoms with Gasteiger partial charge in [-0.25, -0.2) is 4.39 Å². The third kappa shape index (κ3) is 5.01. The van der Waals surface area contributed by atoms with Gasteiger partial charge in [0, 0.05) is 16.9 Å². The van der Waals surface area contributed by atoms with Crippen molar-refractivity contribution in [3.05, 3.63) is 75.6 Å². The molecular weight excluding hydrogens is 427 g/mol. The van der Waals surface area contributed by atoms with Gasteiger partial charge in [-0.15, -0.1) is 0 Å². The number of anilines is 2.